The topological polar surface area (TPSA) is 77.1 Å². The van der Waals surface area contributed by atoms with Crippen LogP contribution in [0.4, 0.5) is 0 Å². The second-order valence-electron chi connectivity index (χ2n) is 7.45. The first kappa shape index (κ1) is 20.1. The Balaban J connectivity index is 1.25. The molecular weight excluding hydrogens is 384 g/mol. The molecule has 0 atom stereocenters. The summed E-state index contributed by atoms with van der Waals surface area (Å²) >= 11 is 0. The SMILES string of the molecule is CCOc1ccc(CC(=O)N2CCC(NC(=O)c3ccc4c(c3)OCO4)CC2)cc1. The van der Waals surface area contributed by atoms with Gasteiger partial charge in [-0.05, 0) is 55.7 Å². The largest absolute Gasteiger partial charge is 0.494 e. The lowest BCUT2D eigenvalue weighted by Crippen LogP contribution is -2.47. The Hall–Kier alpha value is -3.22. The van der Waals surface area contributed by atoms with Crippen LogP contribution < -0.4 is 19.5 Å². The van der Waals surface area contributed by atoms with Gasteiger partial charge in [0.2, 0.25) is 12.7 Å². The first-order valence-corrected chi connectivity index (χ1v) is 10.3. The van der Waals surface area contributed by atoms with Crippen LogP contribution in [0.5, 0.6) is 17.2 Å². The van der Waals surface area contributed by atoms with E-state index in [-0.39, 0.29) is 24.6 Å². The quantitative estimate of drug-likeness (QED) is 0.793. The minimum Gasteiger partial charge on any atom is -0.494 e. The van der Waals surface area contributed by atoms with Crippen LogP contribution >= 0.6 is 0 Å². The van der Waals surface area contributed by atoms with Crippen LogP contribution in [0.15, 0.2) is 42.5 Å². The van der Waals surface area contributed by atoms with Gasteiger partial charge in [-0.2, -0.15) is 0 Å². The van der Waals surface area contributed by atoms with Crippen molar-refractivity contribution in [2.75, 3.05) is 26.5 Å². The van der Waals surface area contributed by atoms with Gasteiger partial charge in [-0.25, -0.2) is 0 Å². The smallest absolute Gasteiger partial charge is 0.251 e. The predicted molar refractivity (Wildman–Crippen MR) is 111 cm³/mol. The summed E-state index contributed by atoms with van der Waals surface area (Å²) in [4.78, 5) is 27.0. The number of rotatable bonds is 6. The van der Waals surface area contributed by atoms with Gasteiger partial charge in [-0.15, -0.1) is 0 Å². The van der Waals surface area contributed by atoms with Gasteiger partial charge >= 0.3 is 0 Å². The van der Waals surface area contributed by atoms with Crippen molar-refractivity contribution >= 4 is 11.8 Å². The molecule has 30 heavy (non-hydrogen) atoms. The molecule has 158 valence electrons. The first-order chi connectivity index (χ1) is 14.6. The maximum atomic E-state index is 12.6. The highest BCUT2D eigenvalue weighted by Crippen LogP contribution is 2.32. The average molecular weight is 410 g/mol. The van der Waals surface area contributed by atoms with E-state index in [9.17, 15) is 9.59 Å². The third-order valence-electron chi connectivity index (χ3n) is 5.41. The van der Waals surface area contributed by atoms with Crippen LogP contribution in [0.25, 0.3) is 0 Å². The summed E-state index contributed by atoms with van der Waals surface area (Å²) in [5.41, 5.74) is 1.52. The number of amides is 2. The molecule has 0 bridgehead atoms. The zero-order valence-corrected chi connectivity index (χ0v) is 17.1. The fraction of sp³-hybridized carbons (Fsp3) is 0.391. The van der Waals surface area contributed by atoms with Crippen LogP contribution in [-0.4, -0.2) is 49.2 Å². The molecule has 1 N–H and O–H groups in total. The normalized spacial score (nSPS) is 15.7. The average Bonchev–Trinajstić information content (AvgIpc) is 3.24. The number of benzene rings is 2. The molecule has 7 nitrogen and oxygen atoms in total. The minimum absolute atomic E-state index is 0.0532. The predicted octanol–water partition coefficient (Wildman–Crippen LogP) is 2.78. The Morgan fingerprint density at radius 1 is 1.07 bits per heavy atom. The first-order valence-electron chi connectivity index (χ1n) is 10.3. The number of nitrogens with zero attached hydrogens (tertiary/aromatic N) is 1. The Morgan fingerprint density at radius 2 is 1.80 bits per heavy atom. The van der Waals surface area contributed by atoms with Gasteiger partial charge in [0, 0.05) is 24.7 Å². The van der Waals surface area contributed by atoms with Crippen molar-refractivity contribution in [3.63, 3.8) is 0 Å². The maximum absolute atomic E-state index is 12.6. The lowest BCUT2D eigenvalue weighted by molar-refractivity contribution is -0.131. The summed E-state index contributed by atoms with van der Waals surface area (Å²) in [7, 11) is 0. The summed E-state index contributed by atoms with van der Waals surface area (Å²) in [6.07, 6.45) is 1.86. The lowest BCUT2D eigenvalue weighted by atomic mass is 10.0. The lowest BCUT2D eigenvalue weighted by Gasteiger charge is -2.32. The summed E-state index contributed by atoms with van der Waals surface area (Å²) < 4.78 is 16.0. The number of hydrogen-bond acceptors (Lipinski definition) is 5. The third-order valence-corrected chi connectivity index (χ3v) is 5.41. The van der Waals surface area contributed by atoms with Crippen molar-refractivity contribution in [3.05, 3.63) is 53.6 Å². The monoisotopic (exact) mass is 410 g/mol. The van der Waals surface area contributed by atoms with Crippen molar-refractivity contribution in [2.45, 2.75) is 32.2 Å². The van der Waals surface area contributed by atoms with Gasteiger partial charge in [0.25, 0.3) is 5.91 Å². The van der Waals surface area contributed by atoms with Gasteiger partial charge in [0.05, 0.1) is 13.0 Å². The van der Waals surface area contributed by atoms with Gasteiger partial charge in [-0.3, -0.25) is 9.59 Å². The summed E-state index contributed by atoms with van der Waals surface area (Å²) in [5.74, 6) is 2.04. The minimum atomic E-state index is -0.132. The molecule has 7 heteroatoms. The second kappa shape index (κ2) is 9.07. The fourth-order valence-corrected chi connectivity index (χ4v) is 3.74. The second-order valence-corrected chi connectivity index (χ2v) is 7.45. The van der Waals surface area contributed by atoms with E-state index >= 15 is 0 Å². The molecule has 0 aromatic heterocycles. The molecule has 1 saturated heterocycles. The standard InChI is InChI=1S/C23H26N2O5/c1-2-28-19-6-3-16(4-7-19)13-22(26)25-11-9-18(10-12-25)24-23(27)17-5-8-20-21(14-17)30-15-29-20/h3-8,14,18H,2,9-13,15H2,1H3,(H,24,27). The van der Waals surface area contributed by atoms with Crippen LogP contribution in [0, 0.1) is 0 Å². The molecule has 2 aliphatic rings. The van der Waals surface area contributed by atoms with Crippen molar-refractivity contribution in [1.82, 2.24) is 10.2 Å². The molecule has 4 rings (SSSR count). The van der Waals surface area contributed by atoms with Crippen LogP contribution in [0.3, 0.4) is 0 Å². The zero-order valence-electron chi connectivity index (χ0n) is 17.1. The number of ether oxygens (including phenoxy) is 3. The van der Waals surface area contributed by atoms with E-state index in [1.54, 1.807) is 18.2 Å². The van der Waals surface area contributed by atoms with Gasteiger partial charge in [-0.1, -0.05) is 12.1 Å². The number of hydrogen-bond donors (Lipinski definition) is 1. The van der Waals surface area contributed by atoms with Gasteiger partial charge in [0.1, 0.15) is 5.75 Å². The number of nitrogens with one attached hydrogen (secondary N) is 1. The number of fused-ring (bicyclic) bond motifs is 1. The molecule has 2 aromatic carbocycles. The summed E-state index contributed by atoms with van der Waals surface area (Å²) in [5, 5.41) is 3.07. The van der Waals surface area contributed by atoms with E-state index in [0.717, 1.165) is 24.2 Å². The van der Waals surface area contributed by atoms with Crippen LogP contribution in [0.2, 0.25) is 0 Å². The van der Waals surface area contributed by atoms with E-state index in [0.29, 0.717) is 43.2 Å². The number of carbonyl (C=O) groups is 2. The molecule has 2 aliphatic heterocycles. The zero-order chi connectivity index (χ0) is 20.9. The molecule has 2 aromatic rings. The molecule has 1 fully saturated rings. The summed E-state index contributed by atoms with van der Waals surface area (Å²) in [6, 6.07) is 12.9. The molecule has 2 amide bonds. The number of piperidine rings is 1. The van der Waals surface area contributed by atoms with Crippen LogP contribution in [-0.2, 0) is 11.2 Å². The van der Waals surface area contributed by atoms with Crippen molar-refractivity contribution in [1.29, 1.82) is 0 Å². The van der Waals surface area contributed by atoms with Gasteiger partial charge in [0.15, 0.2) is 11.5 Å². The highest BCUT2D eigenvalue weighted by molar-refractivity contribution is 5.95. The van der Waals surface area contributed by atoms with Gasteiger partial charge < -0.3 is 24.4 Å². The van der Waals surface area contributed by atoms with Crippen molar-refractivity contribution < 1.29 is 23.8 Å². The van der Waals surface area contributed by atoms with E-state index in [4.69, 9.17) is 14.2 Å². The van der Waals surface area contributed by atoms with E-state index < -0.39 is 0 Å². The molecule has 0 spiro atoms. The Bertz CT molecular complexity index is 904. The molecule has 0 unspecified atom stereocenters. The molecule has 0 aliphatic carbocycles. The van der Waals surface area contributed by atoms with E-state index in [1.165, 1.54) is 0 Å². The highest BCUT2D eigenvalue weighted by atomic mass is 16.7. The van der Waals surface area contributed by atoms with Crippen LogP contribution in [0.1, 0.15) is 35.7 Å². The molecule has 0 radical (unpaired) electrons. The fourth-order valence-electron chi connectivity index (χ4n) is 3.74. The highest BCUT2D eigenvalue weighted by Gasteiger charge is 2.25. The Labute approximate surface area is 175 Å². The van der Waals surface area contributed by atoms with Crippen molar-refractivity contribution in [3.8, 4) is 17.2 Å². The number of carbonyl (C=O) groups excluding carboxylic acids is 2. The maximum Gasteiger partial charge on any atom is 0.251 e. The molecular formula is C23H26N2O5. The van der Waals surface area contributed by atoms with E-state index in [2.05, 4.69) is 5.32 Å². The summed E-state index contributed by atoms with van der Waals surface area (Å²) in [6.45, 7) is 4.03. The Kier molecular flexibility index (Phi) is 6.07. The molecule has 0 saturated carbocycles. The van der Waals surface area contributed by atoms with E-state index in [1.807, 2.05) is 36.1 Å². The van der Waals surface area contributed by atoms with Crippen molar-refractivity contribution in [2.24, 2.45) is 0 Å². The number of likely N-dealkylation sites (tertiary alicyclic amines) is 1. The Morgan fingerprint density at radius 3 is 2.53 bits per heavy atom. The molecule has 2 heterocycles. The third kappa shape index (κ3) is 4.67.